The van der Waals surface area contributed by atoms with Crippen molar-refractivity contribution < 1.29 is 10.0 Å². The Labute approximate surface area is 113 Å². The van der Waals surface area contributed by atoms with Gasteiger partial charge < -0.3 is 10.1 Å². The molecule has 102 valence electrons. The normalized spacial score (nSPS) is 18.2. The summed E-state index contributed by atoms with van der Waals surface area (Å²) >= 11 is 0. The number of hydrogen-bond donors (Lipinski definition) is 1. The van der Waals surface area contributed by atoms with Crippen LogP contribution in [0.1, 0.15) is 38.7 Å². The maximum Gasteiger partial charge on any atom is 0.227 e. The minimum Gasteiger partial charge on any atom is -0.411 e. The van der Waals surface area contributed by atoms with Crippen LogP contribution in [-0.4, -0.2) is 23.4 Å². The van der Waals surface area contributed by atoms with Crippen LogP contribution in [0.4, 0.5) is 5.69 Å². The molecule has 1 heterocycles. The highest BCUT2D eigenvalue weighted by Gasteiger charge is 2.26. The monoisotopic (exact) mass is 260 g/mol. The van der Waals surface area contributed by atoms with Gasteiger partial charge in [0, 0.05) is 24.9 Å². The number of benzene rings is 1. The molecule has 0 radical (unpaired) electrons. The van der Waals surface area contributed by atoms with E-state index < -0.39 is 0 Å². The first-order valence-corrected chi connectivity index (χ1v) is 6.78. The molecule has 1 unspecified atom stereocenters. The quantitative estimate of drug-likeness (QED) is 0.671. The molecule has 0 fully saturated rings. The van der Waals surface area contributed by atoms with E-state index in [-0.39, 0.29) is 5.91 Å². The lowest BCUT2D eigenvalue weighted by Crippen LogP contribution is -2.38. The van der Waals surface area contributed by atoms with Crippen molar-refractivity contribution in [2.75, 3.05) is 11.4 Å². The van der Waals surface area contributed by atoms with Gasteiger partial charge in [-0.15, -0.1) is 0 Å². The fraction of sp³-hybridized carbons (Fsp3) is 0.467. The second kappa shape index (κ2) is 5.87. The van der Waals surface area contributed by atoms with Crippen LogP contribution in [0.3, 0.4) is 0 Å². The summed E-state index contributed by atoms with van der Waals surface area (Å²) in [5.41, 5.74) is 2.37. The summed E-state index contributed by atoms with van der Waals surface area (Å²) < 4.78 is 0. The molecule has 1 aliphatic heterocycles. The molecule has 0 spiro atoms. The molecular weight excluding hydrogens is 240 g/mol. The van der Waals surface area contributed by atoms with Crippen molar-refractivity contribution in [3.05, 3.63) is 29.8 Å². The number of fused-ring (bicyclic) bond motifs is 1. The first-order valence-electron chi connectivity index (χ1n) is 6.78. The van der Waals surface area contributed by atoms with Crippen molar-refractivity contribution >= 4 is 17.3 Å². The van der Waals surface area contributed by atoms with Crippen LogP contribution in [0.25, 0.3) is 0 Å². The van der Waals surface area contributed by atoms with Gasteiger partial charge in [-0.1, -0.05) is 43.6 Å². The maximum atomic E-state index is 12.3. The van der Waals surface area contributed by atoms with Crippen molar-refractivity contribution in [1.29, 1.82) is 0 Å². The van der Waals surface area contributed by atoms with Crippen molar-refractivity contribution in [3.8, 4) is 0 Å². The van der Waals surface area contributed by atoms with E-state index in [9.17, 15) is 4.79 Å². The van der Waals surface area contributed by atoms with Crippen LogP contribution in [0.15, 0.2) is 29.4 Å². The molecule has 1 aliphatic rings. The van der Waals surface area contributed by atoms with Gasteiger partial charge in [0.25, 0.3) is 0 Å². The smallest absolute Gasteiger partial charge is 0.227 e. The van der Waals surface area contributed by atoms with Crippen molar-refractivity contribution in [2.24, 2.45) is 11.1 Å². The van der Waals surface area contributed by atoms with Crippen LogP contribution in [0, 0.1) is 5.92 Å². The Morgan fingerprint density at radius 3 is 2.89 bits per heavy atom. The van der Waals surface area contributed by atoms with Gasteiger partial charge in [-0.3, -0.25) is 4.79 Å². The van der Waals surface area contributed by atoms with E-state index in [2.05, 4.69) is 19.0 Å². The molecule has 1 aromatic carbocycles. The Morgan fingerprint density at radius 1 is 1.47 bits per heavy atom. The molecule has 0 aliphatic carbocycles. The molecule has 1 amide bonds. The van der Waals surface area contributed by atoms with E-state index >= 15 is 0 Å². The van der Waals surface area contributed by atoms with E-state index in [0.717, 1.165) is 17.7 Å². The zero-order valence-electron chi connectivity index (χ0n) is 11.5. The fourth-order valence-electron chi connectivity index (χ4n) is 2.34. The number of carbonyl (C=O) groups excluding carboxylic acids is 1. The first-order chi connectivity index (χ1) is 9.17. The number of hydrogen-bond acceptors (Lipinski definition) is 3. The SMILES string of the molecule is CCC(C)CC(=O)N1CC/C(=N/O)c2ccccc21. The van der Waals surface area contributed by atoms with Crippen LogP contribution in [0.5, 0.6) is 0 Å². The Bertz CT molecular complexity index is 497. The van der Waals surface area contributed by atoms with E-state index in [1.165, 1.54) is 0 Å². The first kappa shape index (κ1) is 13.6. The van der Waals surface area contributed by atoms with E-state index in [1.54, 1.807) is 0 Å². The molecule has 0 bridgehead atoms. The third-order valence-electron chi connectivity index (χ3n) is 3.72. The Hall–Kier alpha value is -1.84. The molecule has 0 saturated heterocycles. The topological polar surface area (TPSA) is 52.9 Å². The average Bonchev–Trinajstić information content (AvgIpc) is 2.45. The van der Waals surface area contributed by atoms with Crippen LogP contribution < -0.4 is 4.90 Å². The van der Waals surface area contributed by atoms with Gasteiger partial charge in [0.1, 0.15) is 0 Å². The van der Waals surface area contributed by atoms with Crippen molar-refractivity contribution in [2.45, 2.75) is 33.1 Å². The molecule has 1 atom stereocenters. The maximum absolute atomic E-state index is 12.3. The summed E-state index contributed by atoms with van der Waals surface area (Å²) in [6.45, 7) is 4.78. The van der Waals surface area contributed by atoms with Crippen LogP contribution >= 0.6 is 0 Å². The van der Waals surface area contributed by atoms with Gasteiger partial charge >= 0.3 is 0 Å². The fourth-order valence-corrected chi connectivity index (χ4v) is 2.34. The lowest BCUT2D eigenvalue weighted by molar-refractivity contribution is -0.119. The Balaban J connectivity index is 2.27. The minimum absolute atomic E-state index is 0.152. The molecule has 19 heavy (non-hydrogen) atoms. The highest BCUT2D eigenvalue weighted by Crippen LogP contribution is 2.28. The number of rotatable bonds is 3. The number of para-hydroxylation sites is 1. The molecule has 1 aromatic rings. The van der Waals surface area contributed by atoms with E-state index in [4.69, 9.17) is 5.21 Å². The number of oxime groups is 1. The molecule has 2 rings (SSSR count). The van der Waals surface area contributed by atoms with Gasteiger partial charge in [0.05, 0.1) is 11.4 Å². The molecule has 4 heteroatoms. The molecule has 4 nitrogen and oxygen atoms in total. The van der Waals surface area contributed by atoms with E-state index in [0.29, 0.717) is 31.0 Å². The molecule has 0 saturated carbocycles. The minimum atomic E-state index is 0.152. The lowest BCUT2D eigenvalue weighted by Gasteiger charge is -2.30. The summed E-state index contributed by atoms with van der Waals surface area (Å²) in [4.78, 5) is 14.2. The second-order valence-corrected chi connectivity index (χ2v) is 5.08. The van der Waals surface area contributed by atoms with Gasteiger partial charge in [0.15, 0.2) is 0 Å². The van der Waals surface area contributed by atoms with E-state index in [1.807, 2.05) is 29.2 Å². The van der Waals surface area contributed by atoms with Gasteiger partial charge in [-0.2, -0.15) is 0 Å². The zero-order chi connectivity index (χ0) is 13.8. The highest BCUT2D eigenvalue weighted by atomic mass is 16.4. The number of anilines is 1. The van der Waals surface area contributed by atoms with Crippen molar-refractivity contribution in [1.82, 2.24) is 0 Å². The average molecular weight is 260 g/mol. The summed E-state index contributed by atoms with van der Waals surface area (Å²) in [5.74, 6) is 0.548. The Kier molecular flexibility index (Phi) is 4.20. The zero-order valence-corrected chi connectivity index (χ0v) is 11.5. The third-order valence-corrected chi connectivity index (χ3v) is 3.72. The summed E-state index contributed by atoms with van der Waals surface area (Å²) in [7, 11) is 0. The van der Waals surface area contributed by atoms with Gasteiger partial charge in [-0.05, 0) is 12.0 Å². The highest BCUT2D eigenvalue weighted by molar-refractivity contribution is 6.11. The largest absolute Gasteiger partial charge is 0.411 e. The summed E-state index contributed by atoms with van der Waals surface area (Å²) in [6.07, 6.45) is 2.17. The van der Waals surface area contributed by atoms with Gasteiger partial charge in [0.2, 0.25) is 5.91 Å². The predicted molar refractivity (Wildman–Crippen MR) is 75.8 cm³/mol. The summed E-state index contributed by atoms with van der Waals surface area (Å²) in [5, 5.41) is 12.4. The molecule has 1 N–H and O–H groups in total. The lowest BCUT2D eigenvalue weighted by atomic mass is 9.97. The van der Waals surface area contributed by atoms with Crippen LogP contribution in [-0.2, 0) is 4.79 Å². The predicted octanol–water partition coefficient (Wildman–Crippen LogP) is 3.04. The standard InChI is InChI=1S/C15H20N2O2/c1-3-11(2)10-15(18)17-9-8-13(16-19)12-6-4-5-7-14(12)17/h4-7,11,19H,3,8-10H2,1-2H3/b16-13-. The second-order valence-electron chi connectivity index (χ2n) is 5.08. The van der Waals surface area contributed by atoms with Gasteiger partial charge in [-0.25, -0.2) is 0 Å². The van der Waals surface area contributed by atoms with Crippen molar-refractivity contribution in [3.63, 3.8) is 0 Å². The third kappa shape index (κ3) is 2.78. The number of carbonyl (C=O) groups is 1. The number of nitrogens with zero attached hydrogens (tertiary/aromatic N) is 2. The Morgan fingerprint density at radius 2 is 2.21 bits per heavy atom. The molecule has 0 aromatic heterocycles. The van der Waals surface area contributed by atoms with Crippen LogP contribution in [0.2, 0.25) is 0 Å². The summed E-state index contributed by atoms with van der Waals surface area (Å²) in [6, 6.07) is 7.61. The number of amides is 1. The molecular formula is C15H20N2O2.